The first-order valence-electron chi connectivity index (χ1n) is 7.42. The highest BCUT2D eigenvalue weighted by molar-refractivity contribution is 9.10. The summed E-state index contributed by atoms with van der Waals surface area (Å²) < 4.78 is 27.1. The number of aliphatic hydroxyl groups is 1. The van der Waals surface area contributed by atoms with E-state index >= 15 is 0 Å². The SMILES string of the molecule is NC[C@@]1(CO)[C@H](c2ccc(Br)cc2)[C@@H]1S(=O)(=O)c1ccc(Cl)cc1. The molecule has 0 unspecified atom stereocenters. The molecule has 3 N–H and O–H groups in total. The third-order valence-corrected chi connectivity index (χ3v) is 7.88. The van der Waals surface area contributed by atoms with Crippen LogP contribution in [0.3, 0.4) is 0 Å². The number of hydrogen-bond acceptors (Lipinski definition) is 4. The van der Waals surface area contributed by atoms with Crippen molar-refractivity contribution >= 4 is 37.4 Å². The molecule has 1 aliphatic rings. The lowest BCUT2D eigenvalue weighted by Crippen LogP contribution is -2.27. The molecule has 0 amide bonds. The lowest BCUT2D eigenvalue weighted by atomic mass is 10.0. The molecule has 1 aliphatic carbocycles. The Balaban J connectivity index is 2.04. The van der Waals surface area contributed by atoms with Gasteiger partial charge in [0.1, 0.15) is 0 Å². The topological polar surface area (TPSA) is 80.4 Å². The first kappa shape index (κ1) is 17.9. The Bertz CT molecular complexity index is 833. The Morgan fingerprint density at radius 3 is 2.21 bits per heavy atom. The van der Waals surface area contributed by atoms with Gasteiger partial charge >= 0.3 is 0 Å². The van der Waals surface area contributed by atoms with Crippen molar-refractivity contribution in [3.63, 3.8) is 0 Å². The largest absolute Gasteiger partial charge is 0.396 e. The van der Waals surface area contributed by atoms with Crippen molar-refractivity contribution in [2.24, 2.45) is 11.1 Å². The van der Waals surface area contributed by atoms with Gasteiger partial charge in [0.05, 0.1) is 16.8 Å². The summed E-state index contributed by atoms with van der Waals surface area (Å²) in [6, 6.07) is 13.5. The molecule has 2 aromatic rings. The van der Waals surface area contributed by atoms with Crippen molar-refractivity contribution in [3.8, 4) is 0 Å². The van der Waals surface area contributed by atoms with Crippen LogP contribution in [0.25, 0.3) is 0 Å². The smallest absolute Gasteiger partial charge is 0.182 e. The Kier molecular flexibility index (Phi) is 4.79. The zero-order chi connectivity index (χ0) is 17.5. The summed E-state index contributed by atoms with van der Waals surface area (Å²) in [5, 5.41) is 9.62. The molecule has 0 spiro atoms. The molecule has 0 aromatic heterocycles. The molecule has 4 nitrogen and oxygen atoms in total. The molecule has 0 aliphatic heterocycles. The van der Waals surface area contributed by atoms with Crippen molar-refractivity contribution in [1.29, 1.82) is 0 Å². The van der Waals surface area contributed by atoms with Crippen LogP contribution >= 0.6 is 27.5 Å². The summed E-state index contributed by atoms with van der Waals surface area (Å²) in [7, 11) is -3.63. The molecule has 7 heteroatoms. The fourth-order valence-electron chi connectivity index (χ4n) is 3.39. The van der Waals surface area contributed by atoms with Crippen LogP contribution in [0.5, 0.6) is 0 Å². The second-order valence-corrected chi connectivity index (χ2v) is 9.47. The number of aliphatic hydroxyl groups excluding tert-OH is 1. The number of nitrogens with two attached hydrogens (primary N) is 1. The molecule has 1 fully saturated rings. The lowest BCUT2D eigenvalue weighted by Gasteiger charge is -2.12. The molecule has 3 atom stereocenters. The maximum absolute atomic E-state index is 13.1. The molecular formula is C17H17BrClNO3S. The van der Waals surface area contributed by atoms with Gasteiger partial charge in [0, 0.05) is 27.4 Å². The van der Waals surface area contributed by atoms with E-state index in [1.807, 2.05) is 24.3 Å². The zero-order valence-electron chi connectivity index (χ0n) is 12.7. The molecule has 24 heavy (non-hydrogen) atoms. The summed E-state index contributed by atoms with van der Waals surface area (Å²) in [5.74, 6) is -0.332. The standard InChI is InChI=1S/C17H17BrClNO3S/c18-12-3-1-11(2-4-12)15-16(17(15,9-20)10-21)24(22,23)14-7-5-13(19)6-8-14/h1-8,15-16,21H,9-10,20H2/t15-,16+,17-/m1/s1. The van der Waals surface area contributed by atoms with Crippen LogP contribution in [0.1, 0.15) is 11.5 Å². The molecule has 128 valence electrons. The minimum atomic E-state index is -3.63. The highest BCUT2D eigenvalue weighted by atomic mass is 79.9. The summed E-state index contributed by atoms with van der Waals surface area (Å²) in [4.78, 5) is 0.197. The van der Waals surface area contributed by atoms with Crippen molar-refractivity contribution < 1.29 is 13.5 Å². The molecule has 0 heterocycles. The van der Waals surface area contributed by atoms with Crippen molar-refractivity contribution in [3.05, 3.63) is 63.6 Å². The van der Waals surface area contributed by atoms with E-state index < -0.39 is 20.5 Å². The summed E-state index contributed by atoms with van der Waals surface area (Å²) >= 11 is 9.22. The van der Waals surface area contributed by atoms with Gasteiger partial charge in [-0.25, -0.2) is 8.42 Å². The van der Waals surface area contributed by atoms with Crippen LogP contribution in [0.15, 0.2) is 57.9 Å². The molecule has 2 aromatic carbocycles. The molecule has 0 saturated heterocycles. The van der Waals surface area contributed by atoms with Gasteiger partial charge in [0.25, 0.3) is 0 Å². The maximum atomic E-state index is 13.1. The van der Waals surface area contributed by atoms with Gasteiger partial charge in [-0.3, -0.25) is 0 Å². The van der Waals surface area contributed by atoms with Crippen molar-refractivity contribution in [2.75, 3.05) is 13.2 Å². The number of benzene rings is 2. The average Bonchev–Trinajstić information content (AvgIpc) is 3.26. The van der Waals surface area contributed by atoms with E-state index in [2.05, 4.69) is 15.9 Å². The number of rotatable bonds is 5. The highest BCUT2D eigenvalue weighted by Crippen LogP contribution is 2.63. The van der Waals surface area contributed by atoms with E-state index in [0.29, 0.717) is 5.02 Å². The first-order chi connectivity index (χ1) is 11.4. The fourth-order valence-corrected chi connectivity index (χ4v) is 6.23. The van der Waals surface area contributed by atoms with Crippen LogP contribution in [-0.2, 0) is 9.84 Å². The minimum absolute atomic E-state index is 0.0989. The van der Waals surface area contributed by atoms with Gasteiger partial charge in [-0.1, -0.05) is 39.7 Å². The van der Waals surface area contributed by atoms with E-state index in [-0.39, 0.29) is 24.0 Å². The maximum Gasteiger partial charge on any atom is 0.182 e. The monoisotopic (exact) mass is 429 g/mol. The quantitative estimate of drug-likeness (QED) is 0.764. The number of sulfone groups is 1. The average molecular weight is 431 g/mol. The van der Waals surface area contributed by atoms with E-state index in [1.165, 1.54) is 12.1 Å². The molecule has 0 bridgehead atoms. The Morgan fingerprint density at radius 2 is 1.71 bits per heavy atom. The third-order valence-electron chi connectivity index (χ3n) is 4.76. The van der Waals surface area contributed by atoms with Crippen LogP contribution in [-0.4, -0.2) is 31.9 Å². The molecular weight excluding hydrogens is 414 g/mol. The van der Waals surface area contributed by atoms with Gasteiger partial charge in [0.15, 0.2) is 9.84 Å². The summed E-state index contributed by atoms with van der Waals surface area (Å²) in [5.41, 5.74) is 5.88. The molecule has 1 saturated carbocycles. The van der Waals surface area contributed by atoms with E-state index in [0.717, 1.165) is 10.0 Å². The summed E-state index contributed by atoms with van der Waals surface area (Å²) in [6.45, 7) is -0.177. The second-order valence-electron chi connectivity index (χ2n) is 6.04. The predicted octanol–water partition coefficient (Wildman–Crippen LogP) is 2.98. The first-order valence-corrected chi connectivity index (χ1v) is 10.1. The summed E-state index contributed by atoms with van der Waals surface area (Å²) in [6.07, 6.45) is 0. The normalized spacial score (nSPS) is 26.3. The van der Waals surface area contributed by atoms with Crippen LogP contribution in [0.4, 0.5) is 0 Å². The Hall–Kier alpha value is -0.920. The van der Waals surface area contributed by atoms with Crippen LogP contribution in [0, 0.1) is 5.41 Å². The number of halogens is 2. The Labute approximate surface area is 154 Å². The van der Waals surface area contributed by atoms with E-state index in [1.54, 1.807) is 12.1 Å². The second kappa shape index (κ2) is 6.42. The number of hydrogen-bond donors (Lipinski definition) is 2. The third kappa shape index (κ3) is 2.80. The Morgan fingerprint density at radius 1 is 1.12 bits per heavy atom. The van der Waals surface area contributed by atoms with Crippen LogP contribution < -0.4 is 5.73 Å². The van der Waals surface area contributed by atoms with E-state index in [4.69, 9.17) is 17.3 Å². The van der Waals surface area contributed by atoms with E-state index in [9.17, 15) is 13.5 Å². The fraction of sp³-hybridized carbons (Fsp3) is 0.294. The van der Waals surface area contributed by atoms with Crippen LogP contribution in [0.2, 0.25) is 5.02 Å². The highest BCUT2D eigenvalue weighted by Gasteiger charge is 2.70. The van der Waals surface area contributed by atoms with Gasteiger partial charge < -0.3 is 10.8 Å². The van der Waals surface area contributed by atoms with Crippen molar-refractivity contribution in [2.45, 2.75) is 16.1 Å². The van der Waals surface area contributed by atoms with Gasteiger partial charge in [0.2, 0.25) is 0 Å². The zero-order valence-corrected chi connectivity index (χ0v) is 15.9. The lowest BCUT2D eigenvalue weighted by molar-refractivity contribution is 0.212. The molecule has 0 radical (unpaired) electrons. The van der Waals surface area contributed by atoms with Gasteiger partial charge in [-0.2, -0.15) is 0 Å². The minimum Gasteiger partial charge on any atom is -0.396 e. The molecule has 3 rings (SSSR count). The predicted molar refractivity (Wildman–Crippen MR) is 97.9 cm³/mol. The van der Waals surface area contributed by atoms with Gasteiger partial charge in [-0.05, 0) is 42.0 Å². The van der Waals surface area contributed by atoms with Crippen molar-refractivity contribution in [1.82, 2.24) is 0 Å². The van der Waals surface area contributed by atoms with Gasteiger partial charge in [-0.15, -0.1) is 0 Å².